The molecule has 16 heavy (non-hydrogen) atoms. The molecule has 1 N–H and O–H groups in total. The van der Waals surface area contributed by atoms with Crippen LogP contribution in [0, 0.1) is 0 Å². The Kier molecular flexibility index (Phi) is 5.03. The lowest BCUT2D eigenvalue weighted by atomic mass is 9.97. The molecule has 1 aromatic carbocycles. The standard InChI is InChI=1S/C14H21NO/c1-4-11(2)14-7-5-13(6-8-14)9-10-15-12(3)16/h5-8,11H,4,9-10H2,1-3H3,(H,15,16). The summed E-state index contributed by atoms with van der Waals surface area (Å²) in [5, 5.41) is 2.80. The number of hydrogen-bond acceptors (Lipinski definition) is 1. The minimum atomic E-state index is 0.0382. The Bertz CT molecular complexity index is 329. The van der Waals surface area contributed by atoms with Gasteiger partial charge in [-0.05, 0) is 29.9 Å². The molecule has 1 amide bonds. The molecule has 1 aromatic rings. The van der Waals surface area contributed by atoms with Crippen LogP contribution in [0.1, 0.15) is 44.2 Å². The first-order chi connectivity index (χ1) is 7.63. The average Bonchev–Trinajstić information content (AvgIpc) is 2.28. The van der Waals surface area contributed by atoms with Crippen molar-refractivity contribution in [2.75, 3.05) is 6.54 Å². The van der Waals surface area contributed by atoms with Crippen LogP contribution in [-0.4, -0.2) is 12.5 Å². The molecule has 0 spiro atoms. The highest BCUT2D eigenvalue weighted by molar-refractivity contribution is 5.72. The second kappa shape index (κ2) is 6.31. The third-order valence-electron chi connectivity index (χ3n) is 2.95. The largest absolute Gasteiger partial charge is 0.356 e. The summed E-state index contributed by atoms with van der Waals surface area (Å²) in [6, 6.07) is 8.70. The molecule has 0 bridgehead atoms. The van der Waals surface area contributed by atoms with Gasteiger partial charge in [0, 0.05) is 13.5 Å². The second-order valence-corrected chi connectivity index (χ2v) is 4.28. The zero-order valence-electron chi connectivity index (χ0n) is 10.4. The maximum Gasteiger partial charge on any atom is 0.216 e. The number of nitrogens with one attached hydrogen (secondary N) is 1. The Hall–Kier alpha value is -1.31. The summed E-state index contributed by atoms with van der Waals surface area (Å²) in [6.07, 6.45) is 2.08. The van der Waals surface area contributed by atoms with Gasteiger partial charge in [0.1, 0.15) is 0 Å². The van der Waals surface area contributed by atoms with E-state index in [1.807, 2.05) is 0 Å². The highest BCUT2D eigenvalue weighted by Gasteiger charge is 2.02. The molecular weight excluding hydrogens is 198 g/mol. The van der Waals surface area contributed by atoms with Crippen LogP contribution in [0.15, 0.2) is 24.3 Å². The SMILES string of the molecule is CCC(C)c1ccc(CCNC(C)=O)cc1. The van der Waals surface area contributed by atoms with E-state index in [1.165, 1.54) is 17.5 Å². The minimum Gasteiger partial charge on any atom is -0.356 e. The van der Waals surface area contributed by atoms with Crippen molar-refractivity contribution < 1.29 is 4.79 Å². The summed E-state index contributed by atoms with van der Waals surface area (Å²) in [7, 11) is 0. The van der Waals surface area contributed by atoms with Gasteiger partial charge in [-0.1, -0.05) is 38.1 Å². The molecule has 0 saturated carbocycles. The van der Waals surface area contributed by atoms with Gasteiger partial charge in [0.2, 0.25) is 5.91 Å². The topological polar surface area (TPSA) is 29.1 Å². The maximum atomic E-state index is 10.7. The molecule has 0 aliphatic heterocycles. The van der Waals surface area contributed by atoms with E-state index in [0.29, 0.717) is 5.92 Å². The highest BCUT2D eigenvalue weighted by Crippen LogP contribution is 2.18. The molecule has 0 aliphatic carbocycles. The normalized spacial score (nSPS) is 12.2. The van der Waals surface area contributed by atoms with Crippen molar-refractivity contribution in [1.29, 1.82) is 0 Å². The fourth-order valence-corrected chi connectivity index (χ4v) is 1.63. The van der Waals surface area contributed by atoms with E-state index < -0.39 is 0 Å². The van der Waals surface area contributed by atoms with Crippen LogP contribution in [0.5, 0.6) is 0 Å². The van der Waals surface area contributed by atoms with Gasteiger partial charge in [-0.15, -0.1) is 0 Å². The molecule has 0 aromatic heterocycles. The molecule has 1 unspecified atom stereocenters. The summed E-state index contributed by atoms with van der Waals surface area (Å²) in [5.74, 6) is 0.667. The van der Waals surface area contributed by atoms with Gasteiger partial charge >= 0.3 is 0 Å². The Labute approximate surface area is 98.1 Å². The molecule has 88 valence electrons. The number of carbonyl (C=O) groups excluding carboxylic acids is 1. The van der Waals surface area contributed by atoms with E-state index in [4.69, 9.17) is 0 Å². The van der Waals surface area contributed by atoms with Crippen LogP contribution < -0.4 is 5.32 Å². The summed E-state index contributed by atoms with van der Waals surface area (Å²) < 4.78 is 0. The van der Waals surface area contributed by atoms with Crippen LogP contribution in [0.3, 0.4) is 0 Å². The van der Waals surface area contributed by atoms with Crippen molar-refractivity contribution in [2.45, 2.75) is 39.5 Å². The lowest BCUT2D eigenvalue weighted by Crippen LogP contribution is -2.22. The van der Waals surface area contributed by atoms with Gasteiger partial charge in [-0.25, -0.2) is 0 Å². The number of amides is 1. The van der Waals surface area contributed by atoms with E-state index in [-0.39, 0.29) is 5.91 Å². The third kappa shape index (κ3) is 4.05. The summed E-state index contributed by atoms with van der Waals surface area (Å²) >= 11 is 0. The monoisotopic (exact) mass is 219 g/mol. The molecular formula is C14H21NO. The zero-order valence-corrected chi connectivity index (χ0v) is 10.4. The number of benzene rings is 1. The van der Waals surface area contributed by atoms with Crippen LogP contribution in [0.25, 0.3) is 0 Å². The first-order valence-corrected chi connectivity index (χ1v) is 5.96. The van der Waals surface area contributed by atoms with Crippen LogP contribution >= 0.6 is 0 Å². The van der Waals surface area contributed by atoms with Crippen molar-refractivity contribution in [2.24, 2.45) is 0 Å². The number of carbonyl (C=O) groups is 1. The van der Waals surface area contributed by atoms with Gasteiger partial charge < -0.3 is 5.32 Å². The van der Waals surface area contributed by atoms with Crippen molar-refractivity contribution in [1.82, 2.24) is 5.32 Å². The summed E-state index contributed by atoms with van der Waals surface area (Å²) in [6.45, 7) is 6.71. The highest BCUT2D eigenvalue weighted by atomic mass is 16.1. The van der Waals surface area contributed by atoms with Gasteiger partial charge in [0.15, 0.2) is 0 Å². The molecule has 0 aliphatic rings. The molecule has 0 fully saturated rings. The molecule has 0 radical (unpaired) electrons. The molecule has 0 heterocycles. The van der Waals surface area contributed by atoms with Crippen LogP contribution in [0.2, 0.25) is 0 Å². The van der Waals surface area contributed by atoms with Crippen LogP contribution in [-0.2, 0) is 11.2 Å². The minimum absolute atomic E-state index is 0.0382. The van der Waals surface area contributed by atoms with Crippen molar-refractivity contribution in [3.05, 3.63) is 35.4 Å². The van der Waals surface area contributed by atoms with E-state index in [0.717, 1.165) is 13.0 Å². The third-order valence-corrected chi connectivity index (χ3v) is 2.95. The fourth-order valence-electron chi connectivity index (χ4n) is 1.63. The first-order valence-electron chi connectivity index (χ1n) is 5.96. The predicted molar refractivity (Wildman–Crippen MR) is 67.5 cm³/mol. The number of hydrogen-bond donors (Lipinski definition) is 1. The van der Waals surface area contributed by atoms with E-state index >= 15 is 0 Å². The average molecular weight is 219 g/mol. The van der Waals surface area contributed by atoms with E-state index in [2.05, 4.69) is 43.4 Å². The molecule has 2 nitrogen and oxygen atoms in total. The van der Waals surface area contributed by atoms with Crippen LogP contribution in [0.4, 0.5) is 0 Å². The maximum absolute atomic E-state index is 10.7. The van der Waals surface area contributed by atoms with Gasteiger partial charge in [0.05, 0.1) is 0 Å². The molecule has 0 saturated heterocycles. The Morgan fingerprint density at radius 3 is 2.44 bits per heavy atom. The fraction of sp³-hybridized carbons (Fsp3) is 0.500. The van der Waals surface area contributed by atoms with Gasteiger partial charge in [0.25, 0.3) is 0 Å². The van der Waals surface area contributed by atoms with Crippen molar-refractivity contribution >= 4 is 5.91 Å². The zero-order chi connectivity index (χ0) is 12.0. The van der Waals surface area contributed by atoms with E-state index in [9.17, 15) is 4.79 Å². The summed E-state index contributed by atoms with van der Waals surface area (Å²) in [4.78, 5) is 10.7. The van der Waals surface area contributed by atoms with Gasteiger partial charge in [-0.2, -0.15) is 0 Å². The number of rotatable bonds is 5. The molecule has 2 heteroatoms. The van der Waals surface area contributed by atoms with Crippen molar-refractivity contribution in [3.8, 4) is 0 Å². The summed E-state index contributed by atoms with van der Waals surface area (Å²) in [5.41, 5.74) is 2.67. The van der Waals surface area contributed by atoms with Crippen molar-refractivity contribution in [3.63, 3.8) is 0 Å². The lowest BCUT2D eigenvalue weighted by Gasteiger charge is -2.09. The predicted octanol–water partition coefficient (Wildman–Crippen LogP) is 2.88. The van der Waals surface area contributed by atoms with E-state index in [1.54, 1.807) is 6.92 Å². The Morgan fingerprint density at radius 1 is 1.31 bits per heavy atom. The Morgan fingerprint density at radius 2 is 1.94 bits per heavy atom. The Balaban J connectivity index is 2.48. The smallest absolute Gasteiger partial charge is 0.216 e. The van der Waals surface area contributed by atoms with Gasteiger partial charge in [-0.3, -0.25) is 4.79 Å². The quantitative estimate of drug-likeness (QED) is 0.810. The molecule has 1 atom stereocenters. The second-order valence-electron chi connectivity index (χ2n) is 4.28. The first kappa shape index (κ1) is 12.8. The molecule has 1 rings (SSSR count). The lowest BCUT2D eigenvalue weighted by molar-refractivity contribution is -0.118.